The molecule has 1 aromatic carbocycles. The summed E-state index contributed by atoms with van der Waals surface area (Å²) in [5.41, 5.74) is -0.452. The smallest absolute Gasteiger partial charge is 0.356 e. The summed E-state index contributed by atoms with van der Waals surface area (Å²) in [4.78, 5) is 30.6. The molecule has 2 aromatic heterocycles. The maximum Gasteiger partial charge on any atom is 0.436 e. The maximum absolute atomic E-state index is 13.6. The minimum Gasteiger partial charge on any atom is -0.356 e. The fourth-order valence-electron chi connectivity index (χ4n) is 6.12. The Morgan fingerprint density at radius 1 is 1.05 bits per heavy atom. The van der Waals surface area contributed by atoms with Crippen LogP contribution in [0, 0.1) is 17.8 Å². The first-order valence-corrected chi connectivity index (χ1v) is 14.1. The third-order valence-electron chi connectivity index (χ3n) is 8.26. The Morgan fingerprint density at radius 3 is 2.60 bits per heavy atom. The topological polar surface area (TPSA) is 94.7 Å². The number of fused-ring (bicyclic) bond motifs is 2. The van der Waals surface area contributed by atoms with E-state index in [1.165, 1.54) is 18.2 Å². The Labute approximate surface area is 234 Å². The predicted molar refractivity (Wildman–Crippen MR) is 144 cm³/mol. The molecular weight excluding hydrogens is 545 g/mol. The molecule has 8 nitrogen and oxygen atoms in total. The molecule has 3 heterocycles. The summed E-state index contributed by atoms with van der Waals surface area (Å²) in [6, 6.07) is 5.96. The van der Waals surface area contributed by atoms with Crippen molar-refractivity contribution in [2.75, 3.05) is 6.54 Å². The van der Waals surface area contributed by atoms with Crippen LogP contribution in [0.15, 0.2) is 41.6 Å². The molecule has 1 saturated heterocycles. The molecule has 12 heteroatoms. The minimum absolute atomic E-state index is 0.0463. The molecule has 40 heavy (non-hydrogen) atoms. The summed E-state index contributed by atoms with van der Waals surface area (Å²) in [6.07, 6.45) is 5.17. The van der Waals surface area contributed by atoms with Crippen LogP contribution >= 0.6 is 11.6 Å². The molecule has 1 amide bonds. The van der Waals surface area contributed by atoms with Crippen molar-refractivity contribution in [2.45, 2.75) is 70.5 Å². The molecule has 1 aliphatic carbocycles. The van der Waals surface area contributed by atoms with Crippen molar-refractivity contribution in [1.29, 1.82) is 0 Å². The summed E-state index contributed by atoms with van der Waals surface area (Å²) in [5.74, 6) is 0.817. The molecule has 1 aliphatic heterocycles. The molecule has 2 aliphatic rings. The first-order valence-electron chi connectivity index (χ1n) is 13.8. The number of aromatic nitrogens is 5. The lowest BCUT2D eigenvalue weighted by atomic mass is 9.75. The van der Waals surface area contributed by atoms with E-state index in [1.807, 2.05) is 6.92 Å². The zero-order valence-electron chi connectivity index (χ0n) is 22.2. The monoisotopic (exact) mass is 576 g/mol. The number of benzene rings is 1. The second-order valence-electron chi connectivity index (χ2n) is 11.0. The highest BCUT2D eigenvalue weighted by molar-refractivity contribution is 6.31. The SMILES string of the molecule is CC1CCCC(n2cnc(-c3cc(Cl)ccc3-n3cc(C(F)(F)F)nn3)cc2=O)C2CCCC(CCNC1=O)C2. The van der Waals surface area contributed by atoms with Gasteiger partial charge in [-0.25, -0.2) is 9.67 Å². The highest BCUT2D eigenvalue weighted by atomic mass is 35.5. The molecular formula is C28H32ClF3N6O2. The van der Waals surface area contributed by atoms with Crippen LogP contribution < -0.4 is 10.9 Å². The molecule has 214 valence electrons. The van der Waals surface area contributed by atoms with E-state index < -0.39 is 11.9 Å². The van der Waals surface area contributed by atoms with Gasteiger partial charge in [0.2, 0.25) is 5.91 Å². The molecule has 0 spiro atoms. The number of nitrogens with zero attached hydrogens (tertiary/aromatic N) is 5. The van der Waals surface area contributed by atoms with Gasteiger partial charge in [0.1, 0.15) is 0 Å². The molecule has 2 bridgehead atoms. The van der Waals surface area contributed by atoms with E-state index in [2.05, 4.69) is 20.6 Å². The second kappa shape index (κ2) is 11.7. The van der Waals surface area contributed by atoms with Crippen molar-refractivity contribution in [3.63, 3.8) is 0 Å². The summed E-state index contributed by atoms with van der Waals surface area (Å²) < 4.78 is 42.1. The molecule has 3 aromatic rings. The van der Waals surface area contributed by atoms with Gasteiger partial charge in [0.15, 0.2) is 5.69 Å². The van der Waals surface area contributed by atoms with Crippen molar-refractivity contribution >= 4 is 17.5 Å². The van der Waals surface area contributed by atoms with Gasteiger partial charge < -0.3 is 5.32 Å². The largest absolute Gasteiger partial charge is 0.436 e. The molecule has 4 atom stereocenters. The van der Waals surface area contributed by atoms with Crippen molar-refractivity contribution in [1.82, 2.24) is 29.9 Å². The summed E-state index contributed by atoms with van der Waals surface area (Å²) in [7, 11) is 0. The number of hydrogen-bond acceptors (Lipinski definition) is 5. The number of hydrogen-bond donors (Lipinski definition) is 1. The summed E-state index contributed by atoms with van der Waals surface area (Å²) >= 11 is 6.23. The minimum atomic E-state index is -4.64. The van der Waals surface area contributed by atoms with E-state index in [1.54, 1.807) is 17.0 Å². The zero-order valence-corrected chi connectivity index (χ0v) is 23.0. The first-order chi connectivity index (χ1) is 19.1. The number of carbonyl (C=O) groups excluding carboxylic acids is 1. The number of halogens is 4. The highest BCUT2D eigenvalue weighted by Gasteiger charge is 2.35. The van der Waals surface area contributed by atoms with Crippen molar-refractivity contribution in [2.24, 2.45) is 17.8 Å². The van der Waals surface area contributed by atoms with Crippen molar-refractivity contribution in [3.05, 3.63) is 57.9 Å². The first kappa shape index (κ1) is 28.3. The Morgan fingerprint density at radius 2 is 1.85 bits per heavy atom. The molecule has 5 rings (SSSR count). The van der Waals surface area contributed by atoms with Crippen LogP contribution in [0.25, 0.3) is 16.9 Å². The molecule has 4 unspecified atom stereocenters. The van der Waals surface area contributed by atoms with Gasteiger partial charge in [-0.05, 0) is 62.1 Å². The lowest BCUT2D eigenvalue weighted by molar-refractivity contribution is -0.141. The van der Waals surface area contributed by atoms with Crippen LogP contribution in [-0.4, -0.2) is 37.0 Å². The highest BCUT2D eigenvalue weighted by Crippen LogP contribution is 2.40. The quantitative estimate of drug-likeness (QED) is 0.423. The normalized spacial score (nSPS) is 24.6. The van der Waals surface area contributed by atoms with Gasteiger partial charge in [-0.2, -0.15) is 13.2 Å². The zero-order chi connectivity index (χ0) is 28.4. The van der Waals surface area contributed by atoms with Crippen LogP contribution in [0.5, 0.6) is 0 Å². The second-order valence-corrected chi connectivity index (χ2v) is 11.4. The van der Waals surface area contributed by atoms with E-state index in [0.717, 1.165) is 62.2 Å². The van der Waals surface area contributed by atoms with Crippen molar-refractivity contribution in [3.8, 4) is 16.9 Å². The van der Waals surface area contributed by atoms with Gasteiger partial charge >= 0.3 is 6.18 Å². The molecule has 2 fully saturated rings. The number of nitrogens with one attached hydrogen (secondary N) is 1. The Hall–Kier alpha value is -3.21. The van der Waals surface area contributed by atoms with Crippen LogP contribution in [0.2, 0.25) is 5.02 Å². The number of amides is 1. The van der Waals surface area contributed by atoms with Crippen LogP contribution in [0.1, 0.15) is 70.0 Å². The van der Waals surface area contributed by atoms with E-state index in [-0.39, 0.29) is 34.8 Å². The third kappa shape index (κ3) is 6.24. The Balaban J connectivity index is 1.48. The van der Waals surface area contributed by atoms with E-state index in [0.29, 0.717) is 29.0 Å². The van der Waals surface area contributed by atoms with E-state index in [9.17, 15) is 22.8 Å². The van der Waals surface area contributed by atoms with Gasteiger partial charge in [0, 0.05) is 35.2 Å². The average Bonchev–Trinajstić information content (AvgIpc) is 3.42. The molecule has 1 N–H and O–H groups in total. The Kier molecular flexibility index (Phi) is 8.30. The fraction of sp³-hybridized carbons (Fsp3) is 0.536. The van der Waals surface area contributed by atoms with E-state index in [4.69, 9.17) is 11.6 Å². The van der Waals surface area contributed by atoms with Crippen molar-refractivity contribution < 1.29 is 18.0 Å². The van der Waals surface area contributed by atoms with Gasteiger partial charge in [0.25, 0.3) is 5.56 Å². The maximum atomic E-state index is 13.6. The molecule has 0 radical (unpaired) electrons. The van der Waals surface area contributed by atoms with Gasteiger partial charge in [-0.1, -0.05) is 43.0 Å². The van der Waals surface area contributed by atoms with Gasteiger partial charge in [0.05, 0.1) is 23.9 Å². The third-order valence-corrected chi connectivity index (χ3v) is 8.50. The standard InChI is InChI=1S/C28H32ClF3N6O2/c1-17-4-2-7-23(19-6-3-5-18(12-19)10-11-33-27(17)40)37-16-34-22(14-26(37)39)21-13-20(29)8-9-24(21)38-15-25(35-36-38)28(30,31)32/h8-9,13-19,23H,2-7,10-12H2,1H3,(H,33,40). The number of alkyl halides is 3. The van der Waals surface area contributed by atoms with Gasteiger partial charge in [-0.3, -0.25) is 14.2 Å². The fourth-order valence-corrected chi connectivity index (χ4v) is 6.29. The lowest BCUT2D eigenvalue weighted by Gasteiger charge is -2.36. The molecule has 1 saturated carbocycles. The van der Waals surface area contributed by atoms with Crippen LogP contribution in [0.3, 0.4) is 0 Å². The Bertz CT molecular complexity index is 1420. The predicted octanol–water partition coefficient (Wildman–Crippen LogP) is 5.84. The van der Waals surface area contributed by atoms with Crippen LogP contribution in [-0.2, 0) is 11.0 Å². The number of carbonyl (C=O) groups is 1. The summed E-state index contributed by atoms with van der Waals surface area (Å²) in [6.45, 7) is 2.62. The summed E-state index contributed by atoms with van der Waals surface area (Å²) in [5, 5.41) is 10.3. The van der Waals surface area contributed by atoms with Crippen LogP contribution in [0.4, 0.5) is 13.2 Å². The average molecular weight is 577 g/mol. The van der Waals surface area contributed by atoms with Gasteiger partial charge in [-0.15, -0.1) is 5.10 Å². The number of rotatable bonds is 3. The lowest BCUT2D eigenvalue weighted by Crippen LogP contribution is -2.35. The van der Waals surface area contributed by atoms with E-state index >= 15 is 0 Å².